The fourth-order valence-corrected chi connectivity index (χ4v) is 2.38. The summed E-state index contributed by atoms with van der Waals surface area (Å²) in [5.74, 6) is -0.765. The van der Waals surface area contributed by atoms with Crippen molar-refractivity contribution in [2.75, 3.05) is 26.8 Å². The van der Waals surface area contributed by atoms with Crippen molar-refractivity contribution in [3.63, 3.8) is 0 Å². The fraction of sp³-hybridized carbons (Fsp3) is 0.438. The molecule has 8 nitrogen and oxygen atoms in total. The lowest BCUT2D eigenvalue weighted by Gasteiger charge is -2.34. The molecule has 1 amide bonds. The molecular formula is C16H18N2O6. The van der Waals surface area contributed by atoms with Gasteiger partial charge in [-0.05, 0) is 19.1 Å². The number of carbonyl (C=O) groups excluding carboxylic acids is 1. The van der Waals surface area contributed by atoms with Gasteiger partial charge in [-0.1, -0.05) is 0 Å². The van der Waals surface area contributed by atoms with Crippen LogP contribution in [0.5, 0.6) is 11.5 Å². The lowest BCUT2D eigenvalue weighted by atomic mass is 10.2. The van der Waals surface area contributed by atoms with E-state index in [0.29, 0.717) is 23.6 Å². The first-order chi connectivity index (χ1) is 11.4. The molecule has 1 aliphatic rings. The number of ether oxygens (including phenoxy) is 3. The molecular weight excluding hydrogens is 316 g/mol. The minimum Gasteiger partial charge on any atom is -0.493 e. The van der Waals surface area contributed by atoms with Crippen molar-refractivity contribution in [2.45, 2.75) is 19.1 Å². The van der Waals surface area contributed by atoms with Crippen molar-refractivity contribution < 1.29 is 28.9 Å². The molecule has 128 valence electrons. The maximum absolute atomic E-state index is 12.3. The predicted molar refractivity (Wildman–Crippen MR) is 81.8 cm³/mol. The zero-order chi connectivity index (χ0) is 17.7. The van der Waals surface area contributed by atoms with Crippen LogP contribution in [0.4, 0.5) is 0 Å². The number of hydrogen-bond acceptors (Lipinski definition) is 6. The van der Waals surface area contributed by atoms with Gasteiger partial charge in [0.05, 0.1) is 31.4 Å². The van der Waals surface area contributed by atoms with Crippen molar-refractivity contribution in [3.8, 4) is 17.6 Å². The van der Waals surface area contributed by atoms with E-state index in [2.05, 4.69) is 0 Å². The van der Waals surface area contributed by atoms with Crippen LogP contribution in [0, 0.1) is 11.3 Å². The molecule has 1 aliphatic heterocycles. The second-order valence-corrected chi connectivity index (χ2v) is 5.34. The molecule has 0 aromatic heterocycles. The Morgan fingerprint density at radius 2 is 2.17 bits per heavy atom. The van der Waals surface area contributed by atoms with E-state index in [1.54, 1.807) is 19.1 Å². The smallest absolute Gasteiger partial charge is 0.334 e. The van der Waals surface area contributed by atoms with E-state index >= 15 is 0 Å². The van der Waals surface area contributed by atoms with E-state index in [9.17, 15) is 9.59 Å². The Kier molecular flexibility index (Phi) is 5.60. The van der Waals surface area contributed by atoms with Crippen LogP contribution in [0.1, 0.15) is 12.5 Å². The first-order valence-electron chi connectivity index (χ1n) is 7.31. The average Bonchev–Trinajstić information content (AvgIpc) is 2.58. The van der Waals surface area contributed by atoms with Gasteiger partial charge in [0, 0.05) is 12.6 Å². The van der Waals surface area contributed by atoms with Gasteiger partial charge >= 0.3 is 5.97 Å². The second kappa shape index (κ2) is 7.66. The van der Waals surface area contributed by atoms with E-state index in [1.165, 1.54) is 18.1 Å². The van der Waals surface area contributed by atoms with Gasteiger partial charge in [0.15, 0.2) is 24.2 Å². The van der Waals surface area contributed by atoms with Crippen LogP contribution < -0.4 is 9.47 Å². The number of carbonyl (C=O) groups is 2. The van der Waals surface area contributed by atoms with E-state index in [4.69, 9.17) is 24.6 Å². The highest BCUT2D eigenvalue weighted by molar-refractivity contribution is 5.80. The monoisotopic (exact) mass is 334 g/mol. The number of amides is 1. The van der Waals surface area contributed by atoms with Crippen molar-refractivity contribution in [1.82, 2.24) is 4.90 Å². The summed E-state index contributed by atoms with van der Waals surface area (Å²) in [5.41, 5.74) is 0.414. The molecule has 0 aliphatic carbocycles. The van der Waals surface area contributed by atoms with Crippen LogP contribution in [0.3, 0.4) is 0 Å². The maximum atomic E-state index is 12.3. The summed E-state index contributed by atoms with van der Waals surface area (Å²) in [6, 6.07) is 6.60. The summed E-state index contributed by atoms with van der Waals surface area (Å²) in [6.45, 7) is 1.73. The van der Waals surface area contributed by atoms with Crippen LogP contribution in [0.15, 0.2) is 18.2 Å². The van der Waals surface area contributed by atoms with Gasteiger partial charge in [-0.25, -0.2) is 4.79 Å². The molecule has 24 heavy (non-hydrogen) atoms. The molecule has 0 saturated carbocycles. The Labute approximate surface area is 139 Å². The molecule has 8 heteroatoms. The molecule has 1 aromatic carbocycles. The molecule has 1 N–H and O–H groups in total. The maximum Gasteiger partial charge on any atom is 0.334 e. The topological polar surface area (TPSA) is 109 Å². The van der Waals surface area contributed by atoms with Gasteiger partial charge in [-0.3, -0.25) is 4.79 Å². The number of nitriles is 1. The van der Waals surface area contributed by atoms with Crippen LogP contribution in [-0.4, -0.2) is 60.9 Å². The first kappa shape index (κ1) is 17.6. The Morgan fingerprint density at radius 3 is 2.79 bits per heavy atom. The number of nitrogens with zero attached hydrogens (tertiary/aromatic N) is 2. The summed E-state index contributed by atoms with van der Waals surface area (Å²) < 4.78 is 15.9. The molecule has 1 heterocycles. The molecule has 1 fully saturated rings. The number of morpholine rings is 1. The number of carboxylic acids is 1. The molecule has 2 rings (SSSR count). The van der Waals surface area contributed by atoms with Crippen LogP contribution in [0.2, 0.25) is 0 Å². The zero-order valence-corrected chi connectivity index (χ0v) is 13.4. The third-order valence-corrected chi connectivity index (χ3v) is 3.53. The predicted octanol–water partition coefficient (Wildman–Crippen LogP) is 0.646. The standard InChI is InChI=1S/C16H18N2O6/c1-10-7-18(8-14(24-10)16(20)21)15(19)9-23-12-4-3-11(6-17)5-13(12)22-2/h3-5,10,14H,7-9H2,1-2H3,(H,20,21)/t10-,14?/m1/s1. The molecule has 0 radical (unpaired) electrons. The van der Waals surface area contributed by atoms with E-state index in [-0.39, 0.29) is 25.2 Å². The molecule has 1 saturated heterocycles. The number of aliphatic carboxylic acids is 1. The fourth-order valence-electron chi connectivity index (χ4n) is 2.38. The molecule has 0 bridgehead atoms. The van der Waals surface area contributed by atoms with E-state index < -0.39 is 12.1 Å². The Balaban J connectivity index is 2.00. The number of benzene rings is 1. The van der Waals surface area contributed by atoms with Crippen LogP contribution in [-0.2, 0) is 14.3 Å². The number of methoxy groups -OCH3 is 1. The summed E-state index contributed by atoms with van der Waals surface area (Å²) in [7, 11) is 1.44. The largest absolute Gasteiger partial charge is 0.493 e. The summed E-state index contributed by atoms with van der Waals surface area (Å²) >= 11 is 0. The number of hydrogen-bond donors (Lipinski definition) is 1. The molecule has 1 aromatic rings. The lowest BCUT2D eigenvalue weighted by molar-refractivity contribution is -0.167. The normalized spacial score (nSPS) is 20.1. The highest BCUT2D eigenvalue weighted by Gasteiger charge is 2.32. The Hall–Kier alpha value is -2.79. The second-order valence-electron chi connectivity index (χ2n) is 5.34. The van der Waals surface area contributed by atoms with Crippen LogP contribution in [0.25, 0.3) is 0 Å². The molecule has 1 unspecified atom stereocenters. The van der Waals surface area contributed by atoms with Gasteiger partial charge < -0.3 is 24.2 Å². The lowest BCUT2D eigenvalue weighted by Crippen LogP contribution is -2.52. The minimum atomic E-state index is -1.10. The minimum absolute atomic E-state index is 0.0215. The van der Waals surface area contributed by atoms with Gasteiger partial charge in [0.1, 0.15) is 0 Å². The van der Waals surface area contributed by atoms with Crippen molar-refractivity contribution >= 4 is 11.9 Å². The van der Waals surface area contributed by atoms with E-state index in [1.807, 2.05) is 6.07 Å². The average molecular weight is 334 g/mol. The molecule has 2 atom stereocenters. The summed E-state index contributed by atoms with van der Waals surface area (Å²) in [4.78, 5) is 24.7. The molecule has 0 spiro atoms. The zero-order valence-electron chi connectivity index (χ0n) is 13.4. The summed E-state index contributed by atoms with van der Waals surface area (Å²) in [5, 5.41) is 17.9. The quantitative estimate of drug-likeness (QED) is 0.842. The highest BCUT2D eigenvalue weighted by atomic mass is 16.5. The van der Waals surface area contributed by atoms with Crippen LogP contribution >= 0.6 is 0 Å². The SMILES string of the molecule is COc1cc(C#N)ccc1OCC(=O)N1CC(C(=O)O)O[C@H](C)C1. The number of carboxylic acid groups (broad SMARTS) is 1. The van der Waals surface area contributed by atoms with Gasteiger partial charge in [0.2, 0.25) is 0 Å². The third kappa shape index (κ3) is 4.14. The Bertz CT molecular complexity index is 669. The first-order valence-corrected chi connectivity index (χ1v) is 7.31. The van der Waals surface area contributed by atoms with Gasteiger partial charge in [-0.2, -0.15) is 5.26 Å². The van der Waals surface area contributed by atoms with Gasteiger partial charge in [0.25, 0.3) is 5.91 Å². The van der Waals surface area contributed by atoms with Crippen molar-refractivity contribution in [2.24, 2.45) is 0 Å². The number of rotatable bonds is 5. The highest BCUT2D eigenvalue weighted by Crippen LogP contribution is 2.27. The Morgan fingerprint density at radius 1 is 1.42 bits per heavy atom. The van der Waals surface area contributed by atoms with Crippen molar-refractivity contribution in [3.05, 3.63) is 23.8 Å². The van der Waals surface area contributed by atoms with Gasteiger partial charge in [-0.15, -0.1) is 0 Å². The summed E-state index contributed by atoms with van der Waals surface area (Å²) in [6.07, 6.45) is -1.41. The van der Waals surface area contributed by atoms with E-state index in [0.717, 1.165) is 0 Å². The third-order valence-electron chi connectivity index (χ3n) is 3.53. The van der Waals surface area contributed by atoms with Crippen molar-refractivity contribution in [1.29, 1.82) is 5.26 Å².